The van der Waals surface area contributed by atoms with Crippen molar-refractivity contribution in [2.75, 3.05) is 6.54 Å². The van der Waals surface area contributed by atoms with E-state index < -0.39 is 0 Å². The molecule has 0 aromatic heterocycles. The van der Waals surface area contributed by atoms with Crippen molar-refractivity contribution < 1.29 is 4.79 Å². The Morgan fingerprint density at radius 1 is 0.913 bits per heavy atom. The van der Waals surface area contributed by atoms with E-state index in [-0.39, 0.29) is 5.91 Å². The molecule has 0 radical (unpaired) electrons. The molecule has 0 heterocycles. The van der Waals surface area contributed by atoms with Crippen LogP contribution in [0.1, 0.15) is 35.2 Å². The highest BCUT2D eigenvalue weighted by Crippen LogP contribution is 2.20. The largest absolute Gasteiger partial charge is 0.352 e. The van der Waals surface area contributed by atoms with Gasteiger partial charge in [-0.05, 0) is 48.2 Å². The molecule has 0 unspecified atom stereocenters. The van der Waals surface area contributed by atoms with Crippen LogP contribution in [0, 0.1) is 24.7 Å². The lowest BCUT2D eigenvalue weighted by Crippen LogP contribution is -2.24. The summed E-state index contributed by atoms with van der Waals surface area (Å²) < 4.78 is 0. The Hall–Kier alpha value is -2.97. The standard InChI is InChI=1S/C21H19NO/c1-3-5-6-7-16-22-21(23)20-14-12-19(13-15-20)18-10-8-17(4-2)9-11-18/h1-2,8-15H,5-7,16H2,(H,22,23). The predicted molar refractivity (Wildman–Crippen MR) is 94.8 cm³/mol. The third-order valence-electron chi connectivity index (χ3n) is 3.57. The Kier molecular flexibility index (Phi) is 6.04. The zero-order valence-corrected chi connectivity index (χ0v) is 13.0. The summed E-state index contributed by atoms with van der Waals surface area (Å²) in [6.07, 6.45) is 13.1. The van der Waals surface area contributed by atoms with Crippen molar-refractivity contribution in [2.45, 2.75) is 19.3 Å². The Morgan fingerprint density at radius 2 is 1.52 bits per heavy atom. The van der Waals surface area contributed by atoms with E-state index in [9.17, 15) is 4.79 Å². The first kappa shape index (κ1) is 16.4. The van der Waals surface area contributed by atoms with Crippen LogP contribution in [0.5, 0.6) is 0 Å². The highest BCUT2D eigenvalue weighted by atomic mass is 16.1. The minimum Gasteiger partial charge on any atom is -0.352 e. The lowest BCUT2D eigenvalue weighted by molar-refractivity contribution is 0.0953. The summed E-state index contributed by atoms with van der Waals surface area (Å²) in [5.41, 5.74) is 3.64. The summed E-state index contributed by atoms with van der Waals surface area (Å²) in [7, 11) is 0. The second kappa shape index (κ2) is 8.47. The van der Waals surface area contributed by atoms with Gasteiger partial charge in [0.2, 0.25) is 0 Å². The Labute approximate surface area is 137 Å². The molecule has 0 saturated heterocycles. The molecule has 114 valence electrons. The van der Waals surface area contributed by atoms with Crippen LogP contribution in [0.25, 0.3) is 11.1 Å². The van der Waals surface area contributed by atoms with E-state index in [1.165, 1.54) is 0 Å². The van der Waals surface area contributed by atoms with Crippen LogP contribution in [0.15, 0.2) is 48.5 Å². The Balaban J connectivity index is 1.94. The molecule has 0 saturated carbocycles. The topological polar surface area (TPSA) is 29.1 Å². The van der Waals surface area contributed by atoms with Crippen molar-refractivity contribution in [3.63, 3.8) is 0 Å². The van der Waals surface area contributed by atoms with E-state index in [4.69, 9.17) is 12.8 Å². The number of amides is 1. The lowest BCUT2D eigenvalue weighted by Gasteiger charge is -2.06. The maximum Gasteiger partial charge on any atom is 0.251 e. The van der Waals surface area contributed by atoms with E-state index in [0.717, 1.165) is 36.0 Å². The molecule has 2 nitrogen and oxygen atoms in total. The van der Waals surface area contributed by atoms with Crippen molar-refractivity contribution in [1.29, 1.82) is 0 Å². The molecular formula is C21H19NO. The molecule has 0 bridgehead atoms. The third kappa shape index (κ3) is 4.77. The fourth-order valence-electron chi connectivity index (χ4n) is 2.23. The minimum absolute atomic E-state index is 0.0556. The number of hydrogen-bond acceptors (Lipinski definition) is 1. The molecule has 2 rings (SSSR count). The van der Waals surface area contributed by atoms with Crippen molar-refractivity contribution in [3.8, 4) is 35.8 Å². The van der Waals surface area contributed by atoms with Gasteiger partial charge in [-0.3, -0.25) is 4.79 Å². The summed E-state index contributed by atoms with van der Waals surface area (Å²) >= 11 is 0. The van der Waals surface area contributed by atoms with Gasteiger partial charge in [-0.2, -0.15) is 0 Å². The molecule has 2 aromatic carbocycles. The number of carbonyl (C=O) groups excluding carboxylic acids is 1. The van der Waals surface area contributed by atoms with Crippen LogP contribution in [0.3, 0.4) is 0 Å². The van der Waals surface area contributed by atoms with E-state index in [0.29, 0.717) is 12.1 Å². The van der Waals surface area contributed by atoms with Crippen LogP contribution in [-0.4, -0.2) is 12.5 Å². The maximum absolute atomic E-state index is 12.0. The van der Waals surface area contributed by atoms with Crippen molar-refractivity contribution in [2.24, 2.45) is 0 Å². The minimum atomic E-state index is -0.0556. The normalized spacial score (nSPS) is 9.65. The van der Waals surface area contributed by atoms with Crippen LogP contribution in [0.4, 0.5) is 0 Å². The molecule has 0 aliphatic rings. The number of benzene rings is 2. The monoisotopic (exact) mass is 301 g/mol. The zero-order chi connectivity index (χ0) is 16.5. The van der Waals surface area contributed by atoms with E-state index in [1.807, 2.05) is 48.5 Å². The van der Waals surface area contributed by atoms with Crippen LogP contribution < -0.4 is 5.32 Å². The van der Waals surface area contributed by atoms with Crippen LogP contribution in [0.2, 0.25) is 0 Å². The molecule has 0 aliphatic carbocycles. The van der Waals surface area contributed by atoms with E-state index >= 15 is 0 Å². The van der Waals surface area contributed by atoms with E-state index in [1.54, 1.807) is 0 Å². The molecule has 0 atom stereocenters. The third-order valence-corrected chi connectivity index (χ3v) is 3.57. The molecule has 2 heteroatoms. The summed E-state index contributed by atoms with van der Waals surface area (Å²) in [5.74, 6) is 5.14. The highest BCUT2D eigenvalue weighted by Gasteiger charge is 2.05. The first-order valence-corrected chi connectivity index (χ1v) is 7.63. The molecule has 2 aromatic rings. The van der Waals surface area contributed by atoms with Gasteiger partial charge in [-0.1, -0.05) is 30.2 Å². The average molecular weight is 301 g/mol. The number of terminal acetylenes is 2. The van der Waals surface area contributed by atoms with Crippen LogP contribution in [-0.2, 0) is 0 Å². The van der Waals surface area contributed by atoms with Gasteiger partial charge in [-0.25, -0.2) is 0 Å². The predicted octanol–water partition coefficient (Wildman–Crippen LogP) is 3.87. The van der Waals surface area contributed by atoms with Crippen LogP contribution >= 0.6 is 0 Å². The van der Waals surface area contributed by atoms with Gasteiger partial charge in [-0.15, -0.1) is 18.8 Å². The highest BCUT2D eigenvalue weighted by molar-refractivity contribution is 5.94. The maximum atomic E-state index is 12.0. The summed E-state index contributed by atoms with van der Waals surface area (Å²) in [6.45, 7) is 0.649. The summed E-state index contributed by atoms with van der Waals surface area (Å²) in [6, 6.07) is 15.3. The van der Waals surface area contributed by atoms with Crippen molar-refractivity contribution in [3.05, 3.63) is 59.7 Å². The van der Waals surface area contributed by atoms with Gasteiger partial charge < -0.3 is 5.32 Å². The Bertz CT molecular complexity index is 727. The number of carbonyl (C=O) groups is 1. The first-order chi connectivity index (χ1) is 11.2. The molecule has 0 fully saturated rings. The number of hydrogen-bond donors (Lipinski definition) is 1. The summed E-state index contributed by atoms with van der Waals surface area (Å²) in [5, 5.41) is 2.90. The zero-order valence-electron chi connectivity index (χ0n) is 13.0. The first-order valence-electron chi connectivity index (χ1n) is 7.63. The molecule has 23 heavy (non-hydrogen) atoms. The lowest BCUT2D eigenvalue weighted by atomic mass is 10.0. The number of rotatable bonds is 6. The summed E-state index contributed by atoms with van der Waals surface area (Å²) in [4.78, 5) is 12.0. The fraction of sp³-hybridized carbons (Fsp3) is 0.190. The van der Waals surface area contributed by atoms with E-state index in [2.05, 4.69) is 17.2 Å². The fourth-order valence-corrected chi connectivity index (χ4v) is 2.23. The SMILES string of the molecule is C#CCCCCNC(=O)c1ccc(-c2ccc(C#C)cc2)cc1. The molecule has 0 aliphatic heterocycles. The van der Waals surface area contributed by atoms with Crippen molar-refractivity contribution in [1.82, 2.24) is 5.32 Å². The smallest absolute Gasteiger partial charge is 0.251 e. The quantitative estimate of drug-likeness (QED) is 0.637. The van der Waals surface area contributed by atoms with Gasteiger partial charge in [0.05, 0.1) is 0 Å². The second-order valence-corrected chi connectivity index (χ2v) is 5.22. The van der Waals surface area contributed by atoms with Gasteiger partial charge in [0, 0.05) is 24.1 Å². The van der Waals surface area contributed by atoms with Gasteiger partial charge in [0.25, 0.3) is 5.91 Å². The molecular weight excluding hydrogens is 282 g/mol. The Morgan fingerprint density at radius 3 is 2.09 bits per heavy atom. The number of unbranched alkanes of at least 4 members (excludes halogenated alkanes) is 2. The average Bonchev–Trinajstić information content (AvgIpc) is 2.61. The molecule has 1 N–H and O–H groups in total. The van der Waals surface area contributed by atoms with Crippen molar-refractivity contribution >= 4 is 5.91 Å². The van der Waals surface area contributed by atoms with Gasteiger partial charge in [0.1, 0.15) is 0 Å². The molecule has 1 amide bonds. The number of nitrogens with one attached hydrogen (secondary N) is 1. The second-order valence-electron chi connectivity index (χ2n) is 5.22. The van der Waals surface area contributed by atoms with Gasteiger partial charge >= 0.3 is 0 Å². The molecule has 0 spiro atoms. The van der Waals surface area contributed by atoms with Gasteiger partial charge in [0.15, 0.2) is 0 Å².